The second kappa shape index (κ2) is 53.1. The number of benzene rings is 10. The van der Waals surface area contributed by atoms with Crippen LogP contribution in [0.1, 0.15) is 155 Å². The first-order valence-electron chi connectivity index (χ1n) is 47.8. The number of hydrogen-bond donors (Lipinski definition) is 4. The number of halogens is 2. The van der Waals surface area contributed by atoms with Gasteiger partial charge < -0.3 is 94.4 Å². The molecule has 4 N–H and O–H groups in total. The zero-order valence-corrected chi connectivity index (χ0v) is 86.6. The summed E-state index contributed by atoms with van der Waals surface area (Å²) in [5, 5.41) is 47.5. The molecule has 0 aromatic heterocycles. The van der Waals surface area contributed by atoms with Crippen LogP contribution in [0.2, 0.25) is 44.3 Å². The van der Waals surface area contributed by atoms with Crippen LogP contribution in [0.15, 0.2) is 267 Å². The standard InChI is InChI=1S/C54H72O10Si2.C42H46O9.C12H28Cl2OSi2/c1-38(2)65(39(3)4)61-37-50-53(63-66(64-65,40(5)6)41(7)8)51(55)54(62-50)60-36-49(58-33-43-22-14-10-15-23-43)52(59-34-44-24-16-11-17-25-44)48(57-32-42-20-12-9-13-21-42)35-56-31-45-28-29-46-26-18-19-27-47(46)30-45;43-23-36-39(44)40(45)42(51-36)50-29-38(48-26-31-14-6-2-7-15-31)41(49-27-32-16-8-3-9-17-32)37(47-25-30-12-4-1-5-13-30)28-46-24-33-20-21-34-18-10-11-19-35(34)22-33;1-9(2)16(13,10(3)4)15-17(14,11(5)6)12(7)8/h9-30,38-41,48-55H,31-37H2,1-8H3;1-22,36-45H,23-29H2;9-12H,1-8H3/t48?,49?,50-,51+,52?,53?,54-;36-,37?,38?,39?,40+,41?,42-;/m11./s1. The Hall–Kier alpha value is -6.63. The predicted octanol–water partition coefficient (Wildman–Crippen LogP) is 22.7. The Morgan fingerprint density at radius 3 is 0.955 bits per heavy atom. The lowest BCUT2D eigenvalue weighted by molar-refractivity contribution is -0.218. The molecule has 134 heavy (non-hydrogen) atoms. The monoisotopic (exact) mass is 1940 g/mol. The van der Waals surface area contributed by atoms with E-state index >= 15 is 0 Å². The number of hydrogen-bond acceptors (Lipinski definition) is 20. The Morgan fingerprint density at radius 2 is 0.642 bits per heavy atom. The molecule has 10 aromatic carbocycles. The summed E-state index contributed by atoms with van der Waals surface area (Å²) in [5.74, 6) is 0. The van der Waals surface area contributed by atoms with Crippen molar-refractivity contribution in [2.45, 2.75) is 294 Å². The first kappa shape index (κ1) is 108. The summed E-state index contributed by atoms with van der Waals surface area (Å²) in [6.45, 7) is 37.3. The maximum atomic E-state index is 12.2. The van der Waals surface area contributed by atoms with Crippen molar-refractivity contribution in [1.82, 2.24) is 0 Å². The third-order valence-electron chi connectivity index (χ3n) is 25.4. The normalized spacial score (nSPS) is 20.6. The molecule has 26 heteroatoms. The van der Waals surface area contributed by atoms with Crippen molar-refractivity contribution in [2.75, 3.05) is 39.6 Å². The van der Waals surface area contributed by atoms with Crippen LogP contribution in [0.4, 0.5) is 0 Å². The summed E-state index contributed by atoms with van der Waals surface area (Å²) >= 11 is 13.7. The maximum Gasteiger partial charge on any atom is 0.335 e. The Kier molecular flexibility index (Phi) is 42.7. The van der Waals surface area contributed by atoms with Gasteiger partial charge in [-0.1, -0.05) is 366 Å². The van der Waals surface area contributed by atoms with Gasteiger partial charge in [0.25, 0.3) is 15.3 Å². The van der Waals surface area contributed by atoms with E-state index in [1.165, 1.54) is 5.39 Å². The van der Waals surface area contributed by atoms with E-state index in [4.69, 9.17) is 96.1 Å². The molecule has 0 radical (unpaired) electrons. The largest absolute Gasteiger partial charge is 0.432 e. The van der Waals surface area contributed by atoms with Crippen molar-refractivity contribution in [2.24, 2.45) is 0 Å². The van der Waals surface area contributed by atoms with Gasteiger partial charge in [0.05, 0.1) is 92.5 Å². The topological polar surface area (TPSA) is 229 Å². The van der Waals surface area contributed by atoms with Gasteiger partial charge in [-0.3, -0.25) is 0 Å². The molecule has 3 aliphatic rings. The summed E-state index contributed by atoms with van der Waals surface area (Å²) in [7, 11) is -10.4. The van der Waals surface area contributed by atoms with E-state index in [-0.39, 0.29) is 75.0 Å². The van der Waals surface area contributed by atoms with Crippen molar-refractivity contribution in [1.29, 1.82) is 0 Å². The van der Waals surface area contributed by atoms with Crippen molar-refractivity contribution < 1.29 is 94.4 Å². The fraction of sp³-hybridized carbons (Fsp3) is 0.481. The summed E-state index contributed by atoms with van der Waals surface area (Å²) < 4.78 is 107. The van der Waals surface area contributed by atoms with Crippen LogP contribution in [0.5, 0.6) is 0 Å². The van der Waals surface area contributed by atoms with E-state index in [9.17, 15) is 20.4 Å². The van der Waals surface area contributed by atoms with Crippen LogP contribution in [0, 0.1) is 0 Å². The fourth-order valence-corrected chi connectivity index (χ4v) is 39.7. The zero-order valence-electron chi connectivity index (χ0n) is 81.1. The van der Waals surface area contributed by atoms with E-state index in [1.807, 2.05) is 206 Å². The van der Waals surface area contributed by atoms with Gasteiger partial charge in [-0.25, -0.2) is 0 Å². The summed E-state index contributed by atoms with van der Waals surface area (Å²) in [5.41, 5.74) is 10.0. The van der Waals surface area contributed by atoms with E-state index in [0.717, 1.165) is 60.7 Å². The third kappa shape index (κ3) is 30.0. The van der Waals surface area contributed by atoms with Crippen LogP contribution in [0.25, 0.3) is 21.5 Å². The summed E-state index contributed by atoms with van der Waals surface area (Å²) in [6.07, 6.45) is -12.3. The lowest BCUT2D eigenvalue weighted by Crippen LogP contribution is -2.65. The molecule has 20 nitrogen and oxygen atoms in total. The van der Waals surface area contributed by atoms with Gasteiger partial charge in [-0.15, -0.1) is 22.2 Å². The van der Waals surface area contributed by atoms with Crippen molar-refractivity contribution in [3.63, 3.8) is 0 Å². The van der Waals surface area contributed by atoms with Gasteiger partial charge in [0.2, 0.25) is 0 Å². The van der Waals surface area contributed by atoms with Gasteiger partial charge in [0.1, 0.15) is 73.2 Å². The Labute approximate surface area is 809 Å². The van der Waals surface area contributed by atoms with Crippen molar-refractivity contribution in [3.05, 3.63) is 311 Å². The lowest BCUT2D eigenvalue weighted by Gasteiger charge is -2.51. The van der Waals surface area contributed by atoms with Gasteiger partial charge in [0.15, 0.2) is 12.6 Å². The van der Waals surface area contributed by atoms with Crippen LogP contribution in [-0.4, -0.2) is 178 Å². The first-order chi connectivity index (χ1) is 64.4. The lowest BCUT2D eigenvalue weighted by atomic mass is 10.1. The molecular formula is C108H146Cl2O20Si4. The highest BCUT2D eigenvalue weighted by Gasteiger charge is 2.62. The highest BCUT2D eigenvalue weighted by Crippen LogP contribution is 2.50. The number of aliphatic hydroxyl groups excluding tert-OH is 4. The number of ether oxygens (including phenoxy) is 12. The minimum absolute atomic E-state index is 0.00823. The molecule has 0 bridgehead atoms. The van der Waals surface area contributed by atoms with Crippen LogP contribution >= 0.6 is 22.2 Å². The molecule has 10 aromatic rings. The molecule has 3 saturated heterocycles. The van der Waals surface area contributed by atoms with Crippen LogP contribution in [0.3, 0.4) is 0 Å². The molecule has 8 unspecified atom stereocenters. The SMILES string of the molecule is CC(C)[Si](Cl)(O[Si](Cl)(C(C)C)C(C)C)C(C)C.CC(C)[Si]1(C(C)C)OC[C@H]2O[C@@H](OCC(OCc3ccccc3)C(OCc3ccccc3)C(COCc3ccc4ccccc4c3)OCc3ccccc3)[C@@H](O)C2O[Si](C(C)C)(C(C)C)O1.OC[C@H]1O[C@@H](OCC(OCc2ccccc2)C(OCc2ccccc2)C(COCc2ccc3ccccc3c2)OCc2ccccc2)[C@@H](O)C1O. The Bertz CT molecular complexity index is 4930. The highest BCUT2D eigenvalue weighted by atomic mass is 35.6. The third-order valence-corrected chi connectivity index (χ3v) is 51.1. The number of rotatable bonds is 47. The van der Waals surface area contributed by atoms with Crippen molar-refractivity contribution >= 4 is 76.1 Å². The molecule has 3 aliphatic heterocycles. The van der Waals surface area contributed by atoms with E-state index in [0.29, 0.717) is 55.2 Å². The average molecular weight is 1950 g/mol. The van der Waals surface area contributed by atoms with Crippen molar-refractivity contribution in [3.8, 4) is 0 Å². The first-order valence-corrected chi connectivity index (χ1v) is 57.9. The average Bonchev–Trinajstić information content (AvgIpc) is 1.10. The van der Waals surface area contributed by atoms with Gasteiger partial charge in [-0.2, -0.15) is 0 Å². The second-order valence-electron chi connectivity index (χ2n) is 37.8. The molecule has 0 saturated carbocycles. The Balaban J connectivity index is 0.000000224. The Morgan fingerprint density at radius 1 is 0.336 bits per heavy atom. The highest BCUT2D eigenvalue weighted by molar-refractivity contribution is 7.27. The predicted molar refractivity (Wildman–Crippen MR) is 540 cm³/mol. The molecule has 3 heterocycles. The van der Waals surface area contributed by atoms with Crippen LogP contribution in [-0.2, 0) is 127 Å². The van der Waals surface area contributed by atoms with Crippen LogP contribution < -0.4 is 0 Å². The van der Waals surface area contributed by atoms with Gasteiger partial charge in [-0.05, 0) is 123 Å². The summed E-state index contributed by atoms with van der Waals surface area (Å²) in [4.78, 5) is 0. The number of fused-ring (bicyclic) bond motifs is 3. The smallest absolute Gasteiger partial charge is 0.335 e. The molecule has 0 amide bonds. The van der Waals surface area contributed by atoms with Gasteiger partial charge >= 0.3 is 17.1 Å². The molecule has 13 rings (SSSR count). The fourth-order valence-electron chi connectivity index (χ4n) is 17.4. The summed E-state index contributed by atoms with van der Waals surface area (Å²) in [6, 6.07) is 88.9. The zero-order chi connectivity index (χ0) is 96.0. The molecule has 728 valence electrons. The molecule has 0 aliphatic carbocycles. The van der Waals surface area contributed by atoms with E-state index in [1.54, 1.807) is 0 Å². The quantitative estimate of drug-likeness (QED) is 0.0205. The van der Waals surface area contributed by atoms with E-state index in [2.05, 4.69) is 171 Å². The molecule has 0 spiro atoms. The minimum Gasteiger partial charge on any atom is -0.432 e. The van der Waals surface area contributed by atoms with Gasteiger partial charge in [0, 0.05) is 0 Å². The second-order valence-corrected chi connectivity index (χ2v) is 58.5. The molecule has 3 fully saturated rings. The van der Waals surface area contributed by atoms with E-state index < -0.39 is 125 Å². The maximum absolute atomic E-state index is 12.2. The molecule has 14 atom stereocenters. The minimum atomic E-state index is -3.03. The number of aliphatic hydroxyl groups is 4. The molecular weight excluding hydrogens is 1800 g/mol.